The fraction of sp³-hybridized carbons (Fsp3) is 0.400. The molecule has 1 aromatic carbocycles. The second-order valence-corrected chi connectivity index (χ2v) is 5.13. The number of aromatic amines is 1. The van der Waals surface area contributed by atoms with Crippen LogP contribution in [0.2, 0.25) is 0 Å². The van der Waals surface area contributed by atoms with Gasteiger partial charge in [0, 0.05) is 12.6 Å². The summed E-state index contributed by atoms with van der Waals surface area (Å²) >= 11 is 0. The number of H-pyrrole nitrogens is 1. The average molecular weight is 304 g/mol. The zero-order valence-electron chi connectivity index (χ0n) is 12.7. The molecule has 7 nitrogen and oxygen atoms in total. The van der Waals surface area contributed by atoms with E-state index in [1.165, 1.54) is 0 Å². The highest BCUT2D eigenvalue weighted by atomic mass is 16.2. The molecule has 1 amide bonds. The lowest BCUT2D eigenvalue weighted by molar-refractivity contribution is -0.121. The van der Waals surface area contributed by atoms with Gasteiger partial charge in [-0.15, -0.1) is 0 Å². The zero-order valence-corrected chi connectivity index (χ0v) is 12.7. The lowest BCUT2D eigenvalue weighted by Crippen LogP contribution is -2.44. The fourth-order valence-corrected chi connectivity index (χ4v) is 2.23. The van der Waals surface area contributed by atoms with E-state index in [2.05, 4.69) is 15.6 Å². The van der Waals surface area contributed by atoms with Crippen LogP contribution in [0.15, 0.2) is 33.9 Å². The number of carbonyl (C=O) groups excluding carboxylic acids is 1. The maximum absolute atomic E-state index is 12.3. The highest BCUT2D eigenvalue weighted by Crippen LogP contribution is 2.02. The SMILES string of the molecule is CCN[C@H](C)CNC(=O)Cn1c(=O)[nH]c2ccccc2c1=O. The first kappa shape index (κ1) is 16.0. The van der Waals surface area contributed by atoms with Gasteiger partial charge in [-0.1, -0.05) is 19.1 Å². The van der Waals surface area contributed by atoms with Crippen LogP contribution in [0.5, 0.6) is 0 Å². The number of likely N-dealkylation sites (N-methyl/N-ethyl adjacent to an activating group) is 1. The van der Waals surface area contributed by atoms with Crippen LogP contribution < -0.4 is 21.9 Å². The zero-order chi connectivity index (χ0) is 16.1. The number of rotatable bonds is 6. The van der Waals surface area contributed by atoms with Gasteiger partial charge in [-0.05, 0) is 25.6 Å². The molecule has 1 atom stereocenters. The molecule has 0 aliphatic rings. The van der Waals surface area contributed by atoms with E-state index in [9.17, 15) is 14.4 Å². The smallest absolute Gasteiger partial charge is 0.329 e. The largest absolute Gasteiger partial charge is 0.353 e. The molecule has 3 N–H and O–H groups in total. The molecule has 0 fully saturated rings. The molecule has 2 aromatic rings. The Bertz CT molecular complexity index is 778. The Labute approximate surface area is 127 Å². The van der Waals surface area contributed by atoms with Crippen LogP contribution >= 0.6 is 0 Å². The lowest BCUT2D eigenvalue weighted by atomic mass is 10.2. The van der Waals surface area contributed by atoms with Gasteiger partial charge in [0.1, 0.15) is 6.54 Å². The van der Waals surface area contributed by atoms with Crippen LogP contribution in [0, 0.1) is 0 Å². The third-order valence-corrected chi connectivity index (χ3v) is 3.35. The van der Waals surface area contributed by atoms with Crippen molar-refractivity contribution in [3.8, 4) is 0 Å². The van der Waals surface area contributed by atoms with Crippen molar-refractivity contribution in [1.82, 2.24) is 20.2 Å². The normalized spacial score (nSPS) is 12.3. The van der Waals surface area contributed by atoms with Crippen molar-refractivity contribution in [2.45, 2.75) is 26.4 Å². The van der Waals surface area contributed by atoms with Gasteiger partial charge >= 0.3 is 5.69 Å². The van der Waals surface area contributed by atoms with Gasteiger partial charge < -0.3 is 15.6 Å². The second-order valence-electron chi connectivity index (χ2n) is 5.13. The van der Waals surface area contributed by atoms with Crippen molar-refractivity contribution in [3.05, 3.63) is 45.1 Å². The molecule has 118 valence electrons. The molecular formula is C15H20N4O3. The number of carbonyl (C=O) groups is 1. The van der Waals surface area contributed by atoms with Crippen LogP contribution in [0.1, 0.15) is 13.8 Å². The van der Waals surface area contributed by atoms with E-state index in [1.54, 1.807) is 24.3 Å². The van der Waals surface area contributed by atoms with E-state index in [0.717, 1.165) is 11.1 Å². The van der Waals surface area contributed by atoms with Crippen molar-refractivity contribution in [1.29, 1.82) is 0 Å². The summed E-state index contributed by atoms with van der Waals surface area (Å²) < 4.78 is 0.912. The predicted octanol–water partition coefficient (Wildman–Crippen LogP) is -0.196. The van der Waals surface area contributed by atoms with Crippen molar-refractivity contribution in [2.24, 2.45) is 0 Å². The number of amides is 1. The maximum Gasteiger partial charge on any atom is 0.329 e. The minimum absolute atomic E-state index is 0.126. The highest BCUT2D eigenvalue weighted by molar-refractivity contribution is 5.78. The molecule has 22 heavy (non-hydrogen) atoms. The molecule has 7 heteroatoms. The van der Waals surface area contributed by atoms with Crippen molar-refractivity contribution in [3.63, 3.8) is 0 Å². The van der Waals surface area contributed by atoms with Crippen LogP contribution in [0.25, 0.3) is 10.9 Å². The molecular weight excluding hydrogens is 284 g/mol. The summed E-state index contributed by atoms with van der Waals surface area (Å²) in [6, 6.07) is 6.85. The summed E-state index contributed by atoms with van der Waals surface area (Å²) in [5, 5.41) is 6.25. The van der Waals surface area contributed by atoms with Crippen LogP contribution in [-0.4, -0.2) is 34.6 Å². The fourth-order valence-electron chi connectivity index (χ4n) is 2.23. The van der Waals surface area contributed by atoms with E-state index in [4.69, 9.17) is 0 Å². The van der Waals surface area contributed by atoms with Crippen molar-refractivity contribution < 1.29 is 4.79 Å². The van der Waals surface area contributed by atoms with E-state index >= 15 is 0 Å². The Hall–Kier alpha value is -2.41. The Kier molecular flexibility index (Phi) is 5.11. The number of para-hydroxylation sites is 1. The van der Waals surface area contributed by atoms with E-state index in [1.807, 2.05) is 13.8 Å². The number of fused-ring (bicyclic) bond motifs is 1. The molecule has 0 saturated heterocycles. The molecule has 0 spiro atoms. The first-order valence-corrected chi connectivity index (χ1v) is 7.25. The van der Waals surface area contributed by atoms with Gasteiger partial charge in [-0.25, -0.2) is 4.79 Å². The summed E-state index contributed by atoms with van der Waals surface area (Å²) in [6.45, 7) is 4.87. The Morgan fingerprint density at radius 1 is 1.32 bits per heavy atom. The maximum atomic E-state index is 12.3. The van der Waals surface area contributed by atoms with Gasteiger partial charge in [-0.3, -0.25) is 14.2 Å². The second kappa shape index (κ2) is 7.04. The first-order chi connectivity index (χ1) is 10.5. The predicted molar refractivity (Wildman–Crippen MR) is 85.0 cm³/mol. The average Bonchev–Trinajstić information content (AvgIpc) is 2.50. The minimum atomic E-state index is -0.585. The number of aromatic nitrogens is 2. The number of nitrogens with zero attached hydrogens (tertiary/aromatic N) is 1. The number of nitrogens with one attached hydrogen (secondary N) is 3. The van der Waals surface area contributed by atoms with Gasteiger partial charge in [0.15, 0.2) is 0 Å². The summed E-state index contributed by atoms with van der Waals surface area (Å²) in [6.07, 6.45) is 0. The quantitative estimate of drug-likeness (QED) is 0.689. The van der Waals surface area contributed by atoms with Crippen molar-refractivity contribution in [2.75, 3.05) is 13.1 Å². The Balaban J connectivity index is 2.16. The van der Waals surface area contributed by atoms with Gasteiger partial charge in [0.05, 0.1) is 10.9 Å². The Morgan fingerprint density at radius 3 is 2.77 bits per heavy atom. The van der Waals surface area contributed by atoms with Crippen LogP contribution in [0.3, 0.4) is 0 Å². The van der Waals surface area contributed by atoms with Crippen LogP contribution in [-0.2, 0) is 11.3 Å². The highest BCUT2D eigenvalue weighted by Gasteiger charge is 2.11. The number of hydrogen-bond acceptors (Lipinski definition) is 4. The molecule has 0 bridgehead atoms. The number of hydrogen-bond donors (Lipinski definition) is 3. The van der Waals surface area contributed by atoms with Gasteiger partial charge in [-0.2, -0.15) is 0 Å². The van der Waals surface area contributed by atoms with Crippen LogP contribution in [0.4, 0.5) is 0 Å². The van der Waals surface area contributed by atoms with Gasteiger partial charge in [0.25, 0.3) is 5.56 Å². The van der Waals surface area contributed by atoms with E-state index in [0.29, 0.717) is 17.4 Å². The molecule has 1 aromatic heterocycles. The summed E-state index contributed by atoms with van der Waals surface area (Å²) in [4.78, 5) is 38.7. The lowest BCUT2D eigenvalue weighted by Gasteiger charge is -2.13. The summed E-state index contributed by atoms with van der Waals surface area (Å²) in [5.41, 5.74) is -0.581. The first-order valence-electron chi connectivity index (χ1n) is 7.25. The molecule has 2 rings (SSSR count). The number of benzene rings is 1. The molecule has 0 aliphatic heterocycles. The Morgan fingerprint density at radius 2 is 2.05 bits per heavy atom. The standard InChI is InChI=1S/C15H20N4O3/c1-3-16-10(2)8-17-13(20)9-19-14(21)11-6-4-5-7-12(11)18-15(19)22/h4-7,10,16H,3,8-9H2,1-2H3,(H,17,20)(H,18,22)/t10-/m1/s1. The summed E-state index contributed by atoms with van der Waals surface area (Å²) in [5.74, 6) is -0.368. The molecule has 0 saturated carbocycles. The van der Waals surface area contributed by atoms with Gasteiger partial charge in [0.2, 0.25) is 5.91 Å². The van der Waals surface area contributed by atoms with E-state index in [-0.39, 0.29) is 18.5 Å². The van der Waals surface area contributed by atoms with E-state index < -0.39 is 11.2 Å². The third kappa shape index (κ3) is 3.62. The third-order valence-electron chi connectivity index (χ3n) is 3.35. The van der Waals surface area contributed by atoms with Crippen molar-refractivity contribution >= 4 is 16.8 Å². The molecule has 1 heterocycles. The monoisotopic (exact) mass is 304 g/mol. The topological polar surface area (TPSA) is 96.0 Å². The molecule has 0 radical (unpaired) electrons. The minimum Gasteiger partial charge on any atom is -0.353 e. The molecule has 0 aliphatic carbocycles. The summed E-state index contributed by atoms with van der Waals surface area (Å²) in [7, 11) is 0. The molecule has 0 unspecified atom stereocenters.